The molecule has 0 bridgehead atoms. The van der Waals surface area contributed by atoms with E-state index in [1.165, 1.54) is 18.5 Å². The first-order chi connectivity index (χ1) is 10.8. The van der Waals surface area contributed by atoms with Crippen molar-refractivity contribution < 1.29 is 9.53 Å². The second-order valence-electron chi connectivity index (χ2n) is 6.53. The molecule has 0 radical (unpaired) electrons. The zero-order chi connectivity index (χ0) is 15.4. The topological polar surface area (TPSA) is 41.6 Å². The molecule has 1 amide bonds. The van der Waals surface area contributed by atoms with Gasteiger partial charge in [0.1, 0.15) is 5.75 Å². The molecule has 1 aromatic rings. The molecule has 4 heteroatoms. The Morgan fingerprint density at radius 1 is 1.23 bits per heavy atom. The van der Waals surface area contributed by atoms with Crippen LogP contribution in [-0.4, -0.2) is 32.7 Å². The lowest BCUT2D eigenvalue weighted by Crippen LogP contribution is -2.34. The van der Waals surface area contributed by atoms with E-state index in [0.29, 0.717) is 5.92 Å². The van der Waals surface area contributed by atoms with Crippen LogP contribution >= 0.6 is 0 Å². The molecule has 4 nitrogen and oxygen atoms in total. The van der Waals surface area contributed by atoms with E-state index in [2.05, 4.69) is 22.3 Å². The fourth-order valence-electron chi connectivity index (χ4n) is 3.60. The van der Waals surface area contributed by atoms with Crippen LogP contribution in [0.4, 0.5) is 5.69 Å². The van der Waals surface area contributed by atoms with Gasteiger partial charge in [-0.25, -0.2) is 0 Å². The summed E-state index contributed by atoms with van der Waals surface area (Å²) in [4.78, 5) is 14.5. The van der Waals surface area contributed by atoms with E-state index in [-0.39, 0.29) is 11.8 Å². The third kappa shape index (κ3) is 3.54. The van der Waals surface area contributed by atoms with Crippen molar-refractivity contribution in [3.8, 4) is 5.75 Å². The molecule has 1 aromatic carbocycles. The summed E-state index contributed by atoms with van der Waals surface area (Å²) in [5, 5.41) is 3.17. The van der Waals surface area contributed by atoms with E-state index in [0.717, 1.165) is 44.6 Å². The molecule has 1 unspecified atom stereocenters. The van der Waals surface area contributed by atoms with Gasteiger partial charge in [0.2, 0.25) is 5.91 Å². The number of carbonyl (C=O) groups is 1. The highest BCUT2D eigenvalue weighted by Crippen LogP contribution is 2.27. The number of nitrogens with one attached hydrogen (secondary N) is 1. The van der Waals surface area contributed by atoms with Gasteiger partial charge in [0.15, 0.2) is 0 Å². The van der Waals surface area contributed by atoms with Crippen molar-refractivity contribution in [3.63, 3.8) is 0 Å². The van der Waals surface area contributed by atoms with Gasteiger partial charge in [-0.1, -0.05) is 12.8 Å². The van der Waals surface area contributed by atoms with Gasteiger partial charge in [0.25, 0.3) is 0 Å². The lowest BCUT2D eigenvalue weighted by molar-refractivity contribution is -0.124. The van der Waals surface area contributed by atoms with E-state index >= 15 is 0 Å². The predicted octanol–water partition coefficient (Wildman–Crippen LogP) is 2.83. The second-order valence-corrected chi connectivity index (χ2v) is 6.53. The molecule has 3 rings (SSSR count). The van der Waals surface area contributed by atoms with E-state index < -0.39 is 0 Å². The molecule has 0 spiro atoms. The molecular weight excluding hydrogens is 276 g/mol. The summed E-state index contributed by atoms with van der Waals surface area (Å²) in [7, 11) is 1.69. The van der Waals surface area contributed by atoms with Crippen molar-refractivity contribution in [2.75, 3.05) is 31.6 Å². The minimum atomic E-state index is 0.277. The van der Waals surface area contributed by atoms with E-state index in [1.807, 2.05) is 12.1 Å². The Bertz CT molecular complexity index is 494. The quantitative estimate of drug-likeness (QED) is 0.909. The molecular formula is C18H26N2O2. The second kappa shape index (κ2) is 7.03. The summed E-state index contributed by atoms with van der Waals surface area (Å²) in [6.07, 6.45) is 5.74. The van der Waals surface area contributed by atoms with Crippen LogP contribution in [0.1, 0.15) is 32.1 Å². The average Bonchev–Trinajstić information content (AvgIpc) is 3.24. The molecule has 2 fully saturated rings. The van der Waals surface area contributed by atoms with Gasteiger partial charge < -0.3 is 15.0 Å². The molecule has 1 saturated carbocycles. The van der Waals surface area contributed by atoms with Gasteiger partial charge in [-0.05, 0) is 49.4 Å². The van der Waals surface area contributed by atoms with Crippen LogP contribution in [0.3, 0.4) is 0 Å². The fourth-order valence-corrected chi connectivity index (χ4v) is 3.60. The zero-order valence-electron chi connectivity index (χ0n) is 13.4. The van der Waals surface area contributed by atoms with Crippen LogP contribution < -0.4 is 15.0 Å². The van der Waals surface area contributed by atoms with Crippen LogP contribution in [0.2, 0.25) is 0 Å². The molecule has 0 aromatic heterocycles. The van der Waals surface area contributed by atoms with Gasteiger partial charge in [-0.15, -0.1) is 0 Å². The van der Waals surface area contributed by atoms with Gasteiger partial charge in [-0.2, -0.15) is 0 Å². The summed E-state index contributed by atoms with van der Waals surface area (Å²) >= 11 is 0. The number of amides is 1. The number of benzene rings is 1. The van der Waals surface area contributed by atoms with Crippen molar-refractivity contribution in [1.29, 1.82) is 0 Å². The highest BCUT2D eigenvalue weighted by molar-refractivity contribution is 5.78. The predicted molar refractivity (Wildman–Crippen MR) is 88.3 cm³/mol. The lowest BCUT2D eigenvalue weighted by atomic mass is 10.1. The maximum absolute atomic E-state index is 12.1. The number of hydrogen-bond donors (Lipinski definition) is 1. The van der Waals surface area contributed by atoms with Crippen LogP contribution in [0.25, 0.3) is 0 Å². The van der Waals surface area contributed by atoms with E-state index in [4.69, 9.17) is 4.74 Å². The first-order valence-electron chi connectivity index (χ1n) is 8.43. The Labute approximate surface area is 132 Å². The molecule has 2 aliphatic rings. The summed E-state index contributed by atoms with van der Waals surface area (Å²) in [6, 6.07) is 8.23. The van der Waals surface area contributed by atoms with Gasteiger partial charge in [0, 0.05) is 31.2 Å². The first kappa shape index (κ1) is 15.2. The molecule has 1 saturated heterocycles. The molecule has 1 aliphatic carbocycles. The average molecular weight is 302 g/mol. The monoisotopic (exact) mass is 302 g/mol. The molecule has 1 N–H and O–H groups in total. The maximum Gasteiger partial charge on any atom is 0.223 e. The highest BCUT2D eigenvalue weighted by Gasteiger charge is 2.26. The summed E-state index contributed by atoms with van der Waals surface area (Å²) in [5.41, 5.74) is 1.24. The summed E-state index contributed by atoms with van der Waals surface area (Å²) < 4.78 is 5.20. The van der Waals surface area contributed by atoms with Gasteiger partial charge in [-0.3, -0.25) is 4.79 Å². The normalized spacial score (nSPS) is 22.0. The number of methoxy groups -OCH3 is 1. The minimum Gasteiger partial charge on any atom is -0.497 e. The SMILES string of the molecule is COc1ccc(N2CCC(CNC(=O)C3CCCC3)C2)cc1. The number of rotatable bonds is 5. The van der Waals surface area contributed by atoms with Crippen LogP contribution in [0, 0.1) is 11.8 Å². The van der Waals surface area contributed by atoms with E-state index in [9.17, 15) is 4.79 Å². The largest absolute Gasteiger partial charge is 0.497 e. The number of anilines is 1. The van der Waals surface area contributed by atoms with Crippen molar-refractivity contribution in [1.82, 2.24) is 5.32 Å². The van der Waals surface area contributed by atoms with E-state index in [1.54, 1.807) is 7.11 Å². The van der Waals surface area contributed by atoms with Crippen LogP contribution in [0.15, 0.2) is 24.3 Å². The standard InChI is InChI=1S/C18H26N2O2/c1-22-17-8-6-16(7-9-17)20-11-10-14(13-20)12-19-18(21)15-4-2-3-5-15/h6-9,14-15H,2-5,10-13H2,1H3,(H,19,21). The molecule has 120 valence electrons. The Kier molecular flexibility index (Phi) is 4.86. The maximum atomic E-state index is 12.1. The van der Waals surface area contributed by atoms with Crippen molar-refractivity contribution in [2.24, 2.45) is 11.8 Å². The first-order valence-corrected chi connectivity index (χ1v) is 8.43. The van der Waals surface area contributed by atoms with Crippen LogP contribution in [0.5, 0.6) is 5.75 Å². The third-order valence-electron chi connectivity index (χ3n) is 5.01. The van der Waals surface area contributed by atoms with Crippen molar-refractivity contribution in [2.45, 2.75) is 32.1 Å². The third-order valence-corrected chi connectivity index (χ3v) is 5.01. The summed E-state index contributed by atoms with van der Waals surface area (Å²) in [6.45, 7) is 2.91. The molecule has 1 aliphatic heterocycles. The Hall–Kier alpha value is -1.71. The summed E-state index contributed by atoms with van der Waals surface area (Å²) in [5.74, 6) is 2.01. The molecule has 22 heavy (non-hydrogen) atoms. The number of carbonyl (C=O) groups excluding carboxylic acids is 1. The highest BCUT2D eigenvalue weighted by atomic mass is 16.5. The van der Waals surface area contributed by atoms with Crippen LogP contribution in [-0.2, 0) is 4.79 Å². The smallest absolute Gasteiger partial charge is 0.223 e. The number of ether oxygens (including phenoxy) is 1. The van der Waals surface area contributed by atoms with Gasteiger partial charge >= 0.3 is 0 Å². The molecule has 1 heterocycles. The zero-order valence-corrected chi connectivity index (χ0v) is 13.4. The minimum absolute atomic E-state index is 0.277. The fraction of sp³-hybridized carbons (Fsp3) is 0.611. The van der Waals surface area contributed by atoms with Crippen molar-refractivity contribution in [3.05, 3.63) is 24.3 Å². The Morgan fingerprint density at radius 3 is 2.64 bits per heavy atom. The lowest BCUT2D eigenvalue weighted by Gasteiger charge is -2.19. The molecule has 1 atom stereocenters. The van der Waals surface area contributed by atoms with Crippen molar-refractivity contribution >= 4 is 11.6 Å². The Balaban J connectivity index is 1.46. The Morgan fingerprint density at radius 2 is 1.95 bits per heavy atom. The van der Waals surface area contributed by atoms with Gasteiger partial charge in [0.05, 0.1) is 7.11 Å². The number of nitrogens with zero attached hydrogens (tertiary/aromatic N) is 1. The number of hydrogen-bond acceptors (Lipinski definition) is 3.